The minimum absolute atomic E-state index is 0.00735. The summed E-state index contributed by atoms with van der Waals surface area (Å²) in [5, 5.41) is 2.81. The summed E-state index contributed by atoms with van der Waals surface area (Å²) in [4.78, 5) is 27.6. The maximum Gasteiger partial charge on any atom is 0.244 e. The molecule has 0 aromatic heterocycles. The van der Waals surface area contributed by atoms with E-state index in [9.17, 15) is 22.4 Å². The number of hydrogen-bond acceptors (Lipinski definition) is 6. The first kappa shape index (κ1) is 26.3. The highest BCUT2D eigenvalue weighted by molar-refractivity contribution is 7.92. The van der Waals surface area contributed by atoms with Crippen LogP contribution in [0, 0.1) is 5.82 Å². The van der Waals surface area contributed by atoms with E-state index in [-0.39, 0.29) is 24.6 Å². The van der Waals surface area contributed by atoms with E-state index in [0.29, 0.717) is 11.5 Å². The number of rotatable bonds is 8. The minimum Gasteiger partial charge on any atom is -0.454 e. The molecule has 0 aliphatic carbocycles. The topological polar surface area (TPSA) is 105 Å². The van der Waals surface area contributed by atoms with Gasteiger partial charge in [-0.1, -0.05) is 18.2 Å². The fraction of sp³-hybridized carbons (Fsp3) is 0.417. The number of sulfonamides is 1. The van der Waals surface area contributed by atoms with Crippen LogP contribution in [-0.4, -0.2) is 56.3 Å². The molecule has 11 heteroatoms. The first-order chi connectivity index (χ1) is 16.3. The van der Waals surface area contributed by atoms with Crippen LogP contribution in [0.4, 0.5) is 10.1 Å². The summed E-state index contributed by atoms with van der Waals surface area (Å²) in [5.74, 6) is -0.847. The highest BCUT2D eigenvalue weighted by Gasteiger charge is 2.32. The molecule has 0 unspecified atom stereocenters. The van der Waals surface area contributed by atoms with E-state index in [0.717, 1.165) is 10.6 Å². The van der Waals surface area contributed by atoms with Crippen molar-refractivity contribution in [3.05, 3.63) is 53.8 Å². The number of hydrogen-bond donors (Lipinski definition) is 1. The predicted octanol–water partition coefficient (Wildman–Crippen LogP) is 2.65. The van der Waals surface area contributed by atoms with E-state index in [4.69, 9.17) is 9.47 Å². The van der Waals surface area contributed by atoms with E-state index in [1.165, 1.54) is 42.2 Å². The van der Waals surface area contributed by atoms with E-state index in [2.05, 4.69) is 5.32 Å². The Bertz CT molecular complexity index is 1210. The molecule has 1 N–H and O–H groups in total. The molecule has 0 saturated heterocycles. The van der Waals surface area contributed by atoms with Crippen molar-refractivity contribution >= 4 is 27.5 Å². The predicted molar refractivity (Wildman–Crippen MR) is 129 cm³/mol. The first-order valence-corrected chi connectivity index (χ1v) is 12.8. The zero-order valence-electron chi connectivity index (χ0n) is 20.4. The molecule has 2 aromatic carbocycles. The molecular weight excluding hydrogens is 477 g/mol. The van der Waals surface area contributed by atoms with Crippen LogP contribution < -0.4 is 19.1 Å². The van der Waals surface area contributed by atoms with Crippen LogP contribution in [-0.2, 0) is 26.2 Å². The van der Waals surface area contributed by atoms with Gasteiger partial charge in [-0.3, -0.25) is 13.9 Å². The highest BCUT2D eigenvalue weighted by Crippen LogP contribution is 2.36. The van der Waals surface area contributed by atoms with Gasteiger partial charge in [-0.05, 0) is 45.9 Å². The van der Waals surface area contributed by atoms with Crippen molar-refractivity contribution in [3.63, 3.8) is 0 Å². The second-order valence-electron chi connectivity index (χ2n) is 9.34. The van der Waals surface area contributed by atoms with Crippen molar-refractivity contribution in [1.82, 2.24) is 10.2 Å². The average Bonchev–Trinajstić information content (AvgIpc) is 3.22. The second kappa shape index (κ2) is 10.1. The highest BCUT2D eigenvalue weighted by atomic mass is 32.2. The number of carbonyl (C=O) groups is 2. The number of halogens is 1. The van der Waals surface area contributed by atoms with Gasteiger partial charge in [-0.25, -0.2) is 12.8 Å². The molecule has 0 radical (unpaired) electrons. The first-order valence-electron chi connectivity index (χ1n) is 11.0. The van der Waals surface area contributed by atoms with Crippen LogP contribution in [0.25, 0.3) is 0 Å². The van der Waals surface area contributed by atoms with Crippen molar-refractivity contribution in [2.24, 2.45) is 0 Å². The lowest BCUT2D eigenvalue weighted by molar-refractivity contribution is -0.140. The van der Waals surface area contributed by atoms with E-state index >= 15 is 0 Å². The van der Waals surface area contributed by atoms with Crippen molar-refractivity contribution in [1.29, 1.82) is 0 Å². The Hall–Kier alpha value is -3.34. The standard InChI is InChI=1S/C24H30FN3O6S/c1-16(23(30)26-24(2,3)4)27(13-17-8-6-7-9-19(17)25)22(29)14-28(35(5,31)32)18-10-11-20-21(12-18)34-15-33-20/h6-12,16H,13-15H2,1-5H3,(H,26,30)/t16-/m0/s1. The third-order valence-electron chi connectivity index (χ3n) is 5.29. The van der Waals surface area contributed by atoms with E-state index in [1.807, 2.05) is 0 Å². The Morgan fingerprint density at radius 3 is 2.40 bits per heavy atom. The SMILES string of the molecule is C[C@@H](C(=O)NC(C)(C)C)N(Cc1ccccc1F)C(=O)CN(c1ccc2c(c1)OCO2)S(C)(=O)=O. The Morgan fingerprint density at radius 1 is 1.11 bits per heavy atom. The summed E-state index contributed by atoms with van der Waals surface area (Å²) in [7, 11) is -3.90. The van der Waals surface area contributed by atoms with Gasteiger partial charge in [0, 0.05) is 23.7 Å². The van der Waals surface area contributed by atoms with Gasteiger partial charge in [0.15, 0.2) is 11.5 Å². The van der Waals surface area contributed by atoms with Crippen molar-refractivity contribution in [2.75, 3.05) is 23.9 Å². The lowest BCUT2D eigenvalue weighted by Crippen LogP contribution is -2.54. The van der Waals surface area contributed by atoms with Gasteiger partial charge in [0.2, 0.25) is 28.6 Å². The lowest BCUT2D eigenvalue weighted by Gasteiger charge is -2.33. The fourth-order valence-electron chi connectivity index (χ4n) is 3.52. The lowest BCUT2D eigenvalue weighted by atomic mass is 10.1. The Balaban J connectivity index is 1.93. The zero-order chi connectivity index (χ0) is 26.0. The van der Waals surface area contributed by atoms with E-state index in [1.54, 1.807) is 32.9 Å². The van der Waals surface area contributed by atoms with Gasteiger partial charge in [-0.15, -0.1) is 0 Å². The van der Waals surface area contributed by atoms with Crippen molar-refractivity contribution < 1.29 is 31.9 Å². The maximum atomic E-state index is 14.4. The van der Waals surface area contributed by atoms with Crippen LogP contribution >= 0.6 is 0 Å². The number of amides is 2. The molecule has 0 spiro atoms. The molecule has 2 amide bonds. The summed E-state index contributed by atoms with van der Waals surface area (Å²) in [6, 6.07) is 9.42. The number of ether oxygens (including phenoxy) is 2. The van der Waals surface area contributed by atoms with Crippen LogP contribution in [0.2, 0.25) is 0 Å². The molecule has 0 fully saturated rings. The molecule has 1 aliphatic rings. The Morgan fingerprint density at radius 2 is 1.77 bits per heavy atom. The van der Waals surface area contributed by atoms with Crippen LogP contribution in [0.3, 0.4) is 0 Å². The summed E-state index contributed by atoms with van der Waals surface area (Å²) in [6.07, 6.45) is 0.974. The quantitative estimate of drug-likeness (QED) is 0.589. The molecule has 1 aliphatic heterocycles. The van der Waals surface area contributed by atoms with Crippen LogP contribution in [0.1, 0.15) is 33.3 Å². The molecule has 2 aromatic rings. The molecule has 3 rings (SSSR count). The fourth-order valence-corrected chi connectivity index (χ4v) is 4.36. The Labute approximate surface area is 204 Å². The molecular formula is C24H30FN3O6S. The molecule has 0 saturated carbocycles. The maximum absolute atomic E-state index is 14.4. The Kier molecular flexibility index (Phi) is 7.59. The number of nitrogens with one attached hydrogen (secondary N) is 1. The van der Waals surface area contributed by atoms with Gasteiger partial charge in [0.05, 0.1) is 11.9 Å². The van der Waals surface area contributed by atoms with Gasteiger partial charge in [0.1, 0.15) is 18.4 Å². The molecule has 9 nitrogen and oxygen atoms in total. The van der Waals surface area contributed by atoms with Crippen LogP contribution in [0.15, 0.2) is 42.5 Å². The third-order valence-corrected chi connectivity index (χ3v) is 6.43. The van der Waals surface area contributed by atoms with E-state index < -0.39 is 45.8 Å². The summed E-state index contributed by atoms with van der Waals surface area (Å²) in [5.41, 5.74) is -0.170. The third kappa shape index (κ3) is 6.62. The minimum atomic E-state index is -3.90. The smallest absolute Gasteiger partial charge is 0.244 e. The summed E-state index contributed by atoms with van der Waals surface area (Å²) in [6.45, 7) is 6.10. The largest absolute Gasteiger partial charge is 0.454 e. The van der Waals surface area contributed by atoms with Crippen LogP contribution in [0.5, 0.6) is 11.5 Å². The normalized spacial score (nSPS) is 13.8. The van der Waals surface area contributed by atoms with Gasteiger partial charge in [0.25, 0.3) is 0 Å². The number of anilines is 1. The van der Waals surface area contributed by atoms with Crippen molar-refractivity contribution in [3.8, 4) is 11.5 Å². The number of nitrogens with zero attached hydrogens (tertiary/aromatic N) is 2. The molecule has 1 heterocycles. The number of carbonyl (C=O) groups excluding carboxylic acids is 2. The van der Waals surface area contributed by atoms with Gasteiger partial charge < -0.3 is 19.7 Å². The van der Waals surface area contributed by atoms with Gasteiger partial charge >= 0.3 is 0 Å². The zero-order valence-corrected chi connectivity index (χ0v) is 21.2. The average molecular weight is 508 g/mol. The monoisotopic (exact) mass is 507 g/mol. The molecule has 1 atom stereocenters. The second-order valence-corrected chi connectivity index (χ2v) is 11.2. The molecule has 190 valence electrons. The van der Waals surface area contributed by atoms with Gasteiger partial charge in [-0.2, -0.15) is 0 Å². The van der Waals surface area contributed by atoms with Crippen molar-refractivity contribution in [2.45, 2.75) is 45.8 Å². The molecule has 0 bridgehead atoms. The summed E-state index contributed by atoms with van der Waals surface area (Å²) < 4.78 is 51.2. The number of benzene rings is 2. The number of fused-ring (bicyclic) bond motifs is 1. The summed E-state index contributed by atoms with van der Waals surface area (Å²) >= 11 is 0. The molecule has 35 heavy (non-hydrogen) atoms.